The van der Waals surface area contributed by atoms with Crippen molar-refractivity contribution in [3.8, 4) is 0 Å². The van der Waals surface area contributed by atoms with Gasteiger partial charge in [-0.2, -0.15) is 0 Å². The first kappa shape index (κ1) is 17.6. The number of primary amides is 1. The topological polar surface area (TPSA) is 75.4 Å². The second-order valence-electron chi connectivity index (χ2n) is 4.65. The maximum absolute atomic E-state index is 12.3. The van der Waals surface area contributed by atoms with Gasteiger partial charge in [0.05, 0.1) is 5.54 Å². The van der Waals surface area contributed by atoms with Crippen molar-refractivity contribution < 1.29 is 9.59 Å². The van der Waals surface area contributed by atoms with Crippen LogP contribution in [0.3, 0.4) is 0 Å². The molecular formula is C14H27N3O2. The lowest BCUT2D eigenvalue weighted by Gasteiger charge is -2.30. The summed E-state index contributed by atoms with van der Waals surface area (Å²) >= 11 is 0. The molecule has 0 aliphatic carbocycles. The van der Waals surface area contributed by atoms with Gasteiger partial charge in [-0.05, 0) is 26.1 Å². The first-order valence-electron chi connectivity index (χ1n) is 6.82. The Bertz CT molecular complexity index is 304. The molecular weight excluding hydrogens is 242 g/mol. The number of nitrogens with zero attached hydrogens (tertiary/aromatic N) is 1. The van der Waals surface area contributed by atoms with E-state index in [1.165, 1.54) is 0 Å². The third-order valence-corrected chi connectivity index (χ3v) is 3.75. The summed E-state index contributed by atoms with van der Waals surface area (Å²) in [7, 11) is 1.82. The number of carbonyl (C=O) groups is 2. The number of hydrogen-bond donors (Lipinski definition) is 2. The molecule has 5 heteroatoms. The monoisotopic (exact) mass is 269 g/mol. The maximum atomic E-state index is 12.3. The summed E-state index contributed by atoms with van der Waals surface area (Å²) in [4.78, 5) is 24.9. The highest BCUT2D eigenvalue weighted by Gasteiger charge is 2.32. The zero-order chi connectivity index (χ0) is 14.9. The smallest absolute Gasteiger partial charge is 0.219 e. The molecule has 0 fully saturated rings. The molecule has 110 valence electrons. The molecule has 5 nitrogen and oxygen atoms in total. The molecule has 0 aromatic rings. The highest BCUT2D eigenvalue weighted by Crippen LogP contribution is 2.18. The van der Waals surface area contributed by atoms with Gasteiger partial charge in [0, 0.05) is 25.9 Å². The lowest BCUT2D eigenvalue weighted by Crippen LogP contribution is -2.50. The Kier molecular flexibility index (Phi) is 8.07. The van der Waals surface area contributed by atoms with Crippen LogP contribution in [-0.2, 0) is 9.59 Å². The second-order valence-corrected chi connectivity index (χ2v) is 4.65. The predicted molar refractivity (Wildman–Crippen MR) is 77.6 cm³/mol. The van der Waals surface area contributed by atoms with Crippen molar-refractivity contribution in [1.29, 1.82) is 0 Å². The molecule has 0 aromatic carbocycles. The van der Waals surface area contributed by atoms with Crippen molar-refractivity contribution in [3.05, 3.63) is 12.8 Å². The summed E-state index contributed by atoms with van der Waals surface area (Å²) in [5, 5.41) is 3.14. The summed E-state index contributed by atoms with van der Waals surface area (Å²) in [6.45, 7) is 8.79. The van der Waals surface area contributed by atoms with Crippen LogP contribution in [0.1, 0.15) is 39.5 Å². The Balaban J connectivity index is 4.39. The van der Waals surface area contributed by atoms with Crippen molar-refractivity contribution in [2.75, 3.05) is 20.1 Å². The fourth-order valence-corrected chi connectivity index (χ4v) is 2.17. The van der Waals surface area contributed by atoms with Gasteiger partial charge in [-0.15, -0.1) is 0 Å². The normalized spacial score (nSPS) is 11.1. The molecule has 0 rings (SSSR count). The van der Waals surface area contributed by atoms with Gasteiger partial charge in [0.15, 0.2) is 5.78 Å². The van der Waals surface area contributed by atoms with Crippen LogP contribution in [0.15, 0.2) is 12.8 Å². The Morgan fingerprint density at radius 1 is 1.26 bits per heavy atom. The van der Waals surface area contributed by atoms with E-state index in [1.54, 1.807) is 6.20 Å². The van der Waals surface area contributed by atoms with E-state index in [1.807, 2.05) is 25.8 Å². The van der Waals surface area contributed by atoms with E-state index in [-0.39, 0.29) is 18.1 Å². The third kappa shape index (κ3) is 5.42. The fourth-order valence-electron chi connectivity index (χ4n) is 2.17. The highest BCUT2D eigenvalue weighted by molar-refractivity contribution is 5.88. The van der Waals surface area contributed by atoms with Crippen LogP contribution < -0.4 is 11.1 Å². The number of nitrogens with one attached hydrogen (secondary N) is 1. The lowest BCUT2D eigenvalue weighted by molar-refractivity contribution is -0.125. The average Bonchev–Trinajstić information content (AvgIpc) is 2.41. The van der Waals surface area contributed by atoms with Crippen molar-refractivity contribution >= 4 is 11.7 Å². The molecule has 0 aromatic heterocycles. The summed E-state index contributed by atoms with van der Waals surface area (Å²) in [6, 6.07) is 0. The van der Waals surface area contributed by atoms with E-state index in [0.29, 0.717) is 19.5 Å². The molecule has 0 radical (unpaired) electrons. The van der Waals surface area contributed by atoms with Crippen molar-refractivity contribution in [3.63, 3.8) is 0 Å². The van der Waals surface area contributed by atoms with Gasteiger partial charge in [0.2, 0.25) is 5.91 Å². The molecule has 0 aliphatic rings. The van der Waals surface area contributed by atoms with Gasteiger partial charge in [-0.3, -0.25) is 9.59 Å². The van der Waals surface area contributed by atoms with E-state index in [2.05, 4.69) is 11.9 Å². The number of ketones is 1. The first-order chi connectivity index (χ1) is 8.95. The number of rotatable bonds is 11. The van der Waals surface area contributed by atoms with Crippen LogP contribution in [0.25, 0.3) is 0 Å². The van der Waals surface area contributed by atoms with Crippen LogP contribution in [0, 0.1) is 0 Å². The van der Waals surface area contributed by atoms with Crippen molar-refractivity contribution in [1.82, 2.24) is 10.2 Å². The molecule has 3 N–H and O–H groups in total. The molecule has 19 heavy (non-hydrogen) atoms. The van der Waals surface area contributed by atoms with E-state index in [9.17, 15) is 9.59 Å². The minimum absolute atomic E-state index is 0.200. The number of carbonyl (C=O) groups excluding carboxylic acids is 2. The van der Waals surface area contributed by atoms with Gasteiger partial charge in [-0.1, -0.05) is 20.4 Å². The van der Waals surface area contributed by atoms with Gasteiger partial charge in [-0.25, -0.2) is 0 Å². The summed E-state index contributed by atoms with van der Waals surface area (Å²) in [6.07, 6.45) is 3.91. The standard InChI is InChI=1S/C14H27N3O2/c1-5-14(6-2,16-4)12(18)8-10-17(7-3)11-9-13(15)19/h7,16H,3,5-6,8-11H2,1-2,4H3,(H2,15,19). The van der Waals surface area contributed by atoms with Crippen molar-refractivity contribution in [2.45, 2.75) is 45.1 Å². The Labute approximate surface area is 116 Å². The molecule has 1 amide bonds. The highest BCUT2D eigenvalue weighted by atomic mass is 16.1. The third-order valence-electron chi connectivity index (χ3n) is 3.75. The zero-order valence-electron chi connectivity index (χ0n) is 12.4. The second kappa shape index (κ2) is 8.69. The number of hydrogen-bond acceptors (Lipinski definition) is 4. The molecule has 0 spiro atoms. The summed E-state index contributed by atoms with van der Waals surface area (Å²) in [5.74, 6) is -0.143. The number of likely N-dealkylation sites (N-methyl/N-ethyl adjacent to an activating group) is 1. The minimum Gasteiger partial charge on any atom is -0.377 e. The average molecular weight is 269 g/mol. The van der Waals surface area contributed by atoms with Crippen LogP contribution in [0.4, 0.5) is 0 Å². The summed E-state index contributed by atoms with van der Waals surface area (Å²) in [5.41, 5.74) is 4.67. The minimum atomic E-state index is -0.434. The van der Waals surface area contributed by atoms with Gasteiger partial charge >= 0.3 is 0 Å². The van der Waals surface area contributed by atoms with Gasteiger partial charge in [0.1, 0.15) is 0 Å². The maximum Gasteiger partial charge on any atom is 0.219 e. The van der Waals surface area contributed by atoms with Gasteiger partial charge in [0.25, 0.3) is 0 Å². The quantitative estimate of drug-likeness (QED) is 0.588. The van der Waals surface area contributed by atoms with E-state index < -0.39 is 5.54 Å². The van der Waals surface area contributed by atoms with Gasteiger partial charge < -0.3 is 16.0 Å². The van der Waals surface area contributed by atoms with E-state index in [0.717, 1.165) is 12.8 Å². The van der Waals surface area contributed by atoms with E-state index >= 15 is 0 Å². The Hall–Kier alpha value is -1.36. The summed E-state index contributed by atoms with van der Waals surface area (Å²) < 4.78 is 0. The van der Waals surface area contributed by atoms with E-state index in [4.69, 9.17) is 5.73 Å². The molecule has 0 saturated heterocycles. The largest absolute Gasteiger partial charge is 0.377 e. The molecule has 0 saturated carbocycles. The molecule has 0 aliphatic heterocycles. The first-order valence-corrected chi connectivity index (χ1v) is 6.82. The molecule has 0 unspecified atom stereocenters. The lowest BCUT2D eigenvalue weighted by atomic mass is 9.86. The number of amides is 1. The van der Waals surface area contributed by atoms with Crippen LogP contribution in [0.2, 0.25) is 0 Å². The Morgan fingerprint density at radius 3 is 2.16 bits per heavy atom. The van der Waals surface area contributed by atoms with Crippen molar-refractivity contribution in [2.24, 2.45) is 5.73 Å². The molecule has 0 heterocycles. The van der Waals surface area contributed by atoms with Crippen LogP contribution >= 0.6 is 0 Å². The molecule has 0 bridgehead atoms. The van der Waals surface area contributed by atoms with Crippen LogP contribution in [-0.4, -0.2) is 42.3 Å². The molecule has 0 atom stereocenters. The predicted octanol–water partition coefficient (Wildman–Crippen LogP) is 1.04. The SMILES string of the molecule is C=CN(CCC(N)=O)CCC(=O)C(CC)(CC)NC. The van der Waals surface area contributed by atoms with Crippen LogP contribution in [0.5, 0.6) is 0 Å². The number of nitrogens with two attached hydrogens (primary N) is 1. The Morgan fingerprint density at radius 2 is 1.79 bits per heavy atom. The number of Topliss-reactive ketones (excluding diaryl/α,β-unsaturated/α-hetero) is 1. The fraction of sp³-hybridized carbons (Fsp3) is 0.714. The zero-order valence-corrected chi connectivity index (χ0v) is 12.4.